The molecule has 3 heteroatoms. The zero-order valence-corrected chi connectivity index (χ0v) is 7.98. The Labute approximate surface area is 77.3 Å². The minimum absolute atomic E-state index is 0.467. The molecule has 2 N–H and O–H groups in total. The van der Waals surface area contributed by atoms with Crippen molar-refractivity contribution in [2.75, 3.05) is 7.11 Å². The van der Waals surface area contributed by atoms with Crippen molar-refractivity contribution in [3.8, 4) is 5.75 Å². The zero-order chi connectivity index (χ0) is 9.14. The van der Waals surface area contributed by atoms with E-state index in [9.17, 15) is 0 Å². The number of nitrogens with two attached hydrogens (primary N) is 1. The summed E-state index contributed by atoms with van der Waals surface area (Å²) in [6.45, 7) is 2.44. The van der Waals surface area contributed by atoms with Crippen LogP contribution in [0.15, 0.2) is 12.1 Å². The molecule has 2 nitrogen and oxygen atoms in total. The van der Waals surface area contributed by atoms with Gasteiger partial charge in [0.25, 0.3) is 0 Å². The highest BCUT2D eigenvalue weighted by molar-refractivity contribution is 6.31. The molecule has 1 aromatic carbocycles. The van der Waals surface area contributed by atoms with Gasteiger partial charge in [-0.3, -0.25) is 0 Å². The predicted molar refractivity (Wildman–Crippen MR) is 50.6 cm³/mol. The highest BCUT2D eigenvalue weighted by Crippen LogP contribution is 2.25. The normalized spacial score (nSPS) is 10.0. The Bertz CT molecular complexity index is 263. The van der Waals surface area contributed by atoms with Crippen molar-refractivity contribution in [1.82, 2.24) is 0 Å². The summed E-state index contributed by atoms with van der Waals surface area (Å²) in [6, 6.07) is 3.70. The molecule has 0 aromatic heterocycles. The molecule has 0 aliphatic carbocycles. The smallest absolute Gasteiger partial charge is 0.120 e. The number of ether oxygens (including phenoxy) is 1. The molecule has 0 atom stereocenters. The van der Waals surface area contributed by atoms with Gasteiger partial charge in [0.2, 0.25) is 0 Å². The quantitative estimate of drug-likeness (QED) is 0.766. The van der Waals surface area contributed by atoms with E-state index < -0.39 is 0 Å². The van der Waals surface area contributed by atoms with Crippen LogP contribution in [-0.4, -0.2) is 7.11 Å². The Morgan fingerprint density at radius 2 is 2.17 bits per heavy atom. The van der Waals surface area contributed by atoms with E-state index in [2.05, 4.69) is 0 Å². The van der Waals surface area contributed by atoms with Gasteiger partial charge < -0.3 is 10.5 Å². The standard InChI is InChI=1S/C9H12ClNO/c1-6-3-7(12-2)4-9(10)8(6)5-11/h3-4H,5,11H2,1-2H3. The second kappa shape index (κ2) is 3.78. The summed E-state index contributed by atoms with van der Waals surface area (Å²) < 4.78 is 5.05. The highest BCUT2D eigenvalue weighted by Gasteiger charge is 2.04. The molecule has 12 heavy (non-hydrogen) atoms. The molecule has 0 amide bonds. The Morgan fingerprint density at radius 3 is 2.58 bits per heavy atom. The monoisotopic (exact) mass is 185 g/mol. The maximum absolute atomic E-state index is 5.95. The van der Waals surface area contributed by atoms with Crippen molar-refractivity contribution >= 4 is 11.6 Å². The third-order valence-corrected chi connectivity index (χ3v) is 2.17. The number of benzene rings is 1. The molecule has 66 valence electrons. The van der Waals surface area contributed by atoms with Crippen molar-refractivity contribution < 1.29 is 4.74 Å². The fourth-order valence-corrected chi connectivity index (χ4v) is 1.45. The topological polar surface area (TPSA) is 35.2 Å². The molecule has 0 spiro atoms. The van der Waals surface area contributed by atoms with E-state index in [-0.39, 0.29) is 0 Å². The van der Waals surface area contributed by atoms with Gasteiger partial charge in [0.05, 0.1) is 7.11 Å². The van der Waals surface area contributed by atoms with Gasteiger partial charge in [0, 0.05) is 11.6 Å². The van der Waals surface area contributed by atoms with Gasteiger partial charge in [0.1, 0.15) is 5.75 Å². The van der Waals surface area contributed by atoms with Crippen LogP contribution in [0.2, 0.25) is 5.02 Å². The van der Waals surface area contributed by atoms with Gasteiger partial charge in [-0.15, -0.1) is 0 Å². The molecule has 0 saturated heterocycles. The Morgan fingerprint density at radius 1 is 1.50 bits per heavy atom. The molecular formula is C9H12ClNO. The molecule has 0 heterocycles. The van der Waals surface area contributed by atoms with E-state index in [1.165, 1.54) is 0 Å². The summed E-state index contributed by atoms with van der Waals surface area (Å²) in [7, 11) is 1.62. The van der Waals surface area contributed by atoms with E-state index in [4.69, 9.17) is 22.1 Å². The largest absolute Gasteiger partial charge is 0.497 e. The van der Waals surface area contributed by atoms with E-state index in [1.807, 2.05) is 13.0 Å². The van der Waals surface area contributed by atoms with Gasteiger partial charge >= 0.3 is 0 Å². The third-order valence-electron chi connectivity index (χ3n) is 1.83. The first-order valence-electron chi connectivity index (χ1n) is 3.72. The molecule has 0 saturated carbocycles. The van der Waals surface area contributed by atoms with Crippen molar-refractivity contribution in [2.24, 2.45) is 5.73 Å². The lowest BCUT2D eigenvalue weighted by Crippen LogP contribution is -2.00. The number of halogens is 1. The van der Waals surface area contributed by atoms with Crippen molar-refractivity contribution in [1.29, 1.82) is 0 Å². The fraction of sp³-hybridized carbons (Fsp3) is 0.333. The van der Waals surface area contributed by atoms with Crippen LogP contribution < -0.4 is 10.5 Å². The number of hydrogen-bond acceptors (Lipinski definition) is 2. The zero-order valence-electron chi connectivity index (χ0n) is 7.23. The first-order valence-corrected chi connectivity index (χ1v) is 4.10. The van der Waals surface area contributed by atoms with Gasteiger partial charge in [-0.1, -0.05) is 11.6 Å². The molecule has 0 aliphatic heterocycles. The lowest BCUT2D eigenvalue weighted by molar-refractivity contribution is 0.414. The highest BCUT2D eigenvalue weighted by atomic mass is 35.5. The van der Waals surface area contributed by atoms with Gasteiger partial charge in [-0.2, -0.15) is 0 Å². The Kier molecular flexibility index (Phi) is 2.95. The Balaban J connectivity index is 3.18. The average molecular weight is 186 g/mol. The molecule has 0 radical (unpaired) electrons. The third kappa shape index (κ3) is 1.71. The van der Waals surface area contributed by atoms with Crippen LogP contribution in [-0.2, 0) is 6.54 Å². The van der Waals surface area contributed by atoms with Crippen LogP contribution in [0, 0.1) is 6.92 Å². The molecule has 0 bridgehead atoms. The van der Waals surface area contributed by atoms with Crippen LogP contribution in [0.4, 0.5) is 0 Å². The number of rotatable bonds is 2. The molecule has 0 unspecified atom stereocenters. The first-order chi connectivity index (χ1) is 5.69. The maximum atomic E-state index is 5.95. The Hall–Kier alpha value is -0.730. The molecular weight excluding hydrogens is 174 g/mol. The summed E-state index contributed by atoms with van der Waals surface area (Å²) in [5.41, 5.74) is 7.57. The molecule has 1 rings (SSSR count). The van der Waals surface area contributed by atoms with Crippen LogP contribution >= 0.6 is 11.6 Å². The van der Waals surface area contributed by atoms with Gasteiger partial charge in [0.15, 0.2) is 0 Å². The van der Waals surface area contributed by atoms with E-state index >= 15 is 0 Å². The summed E-state index contributed by atoms with van der Waals surface area (Å²) in [5, 5.41) is 0.675. The van der Waals surface area contributed by atoms with Crippen molar-refractivity contribution in [3.05, 3.63) is 28.3 Å². The maximum Gasteiger partial charge on any atom is 0.120 e. The first kappa shape index (κ1) is 9.36. The number of hydrogen-bond donors (Lipinski definition) is 1. The van der Waals surface area contributed by atoms with Crippen molar-refractivity contribution in [2.45, 2.75) is 13.5 Å². The minimum Gasteiger partial charge on any atom is -0.497 e. The van der Waals surface area contributed by atoms with E-state index in [0.717, 1.165) is 16.9 Å². The predicted octanol–water partition coefficient (Wildman–Crippen LogP) is 2.12. The van der Waals surface area contributed by atoms with Gasteiger partial charge in [-0.25, -0.2) is 0 Å². The lowest BCUT2D eigenvalue weighted by atomic mass is 10.1. The summed E-state index contributed by atoms with van der Waals surface area (Å²) in [5.74, 6) is 0.773. The SMILES string of the molecule is COc1cc(C)c(CN)c(Cl)c1. The molecule has 1 aromatic rings. The second-order valence-electron chi connectivity index (χ2n) is 2.61. The van der Waals surface area contributed by atoms with E-state index in [0.29, 0.717) is 11.6 Å². The van der Waals surface area contributed by atoms with Gasteiger partial charge in [-0.05, 0) is 30.2 Å². The van der Waals surface area contributed by atoms with E-state index in [1.54, 1.807) is 13.2 Å². The lowest BCUT2D eigenvalue weighted by Gasteiger charge is -2.08. The van der Waals surface area contributed by atoms with Crippen LogP contribution in [0.25, 0.3) is 0 Å². The van der Waals surface area contributed by atoms with Crippen LogP contribution in [0.1, 0.15) is 11.1 Å². The van der Waals surface area contributed by atoms with Crippen molar-refractivity contribution in [3.63, 3.8) is 0 Å². The number of aryl methyl sites for hydroxylation is 1. The minimum atomic E-state index is 0.467. The molecule has 0 aliphatic rings. The summed E-state index contributed by atoms with van der Waals surface area (Å²) >= 11 is 5.95. The fourth-order valence-electron chi connectivity index (χ4n) is 1.12. The second-order valence-corrected chi connectivity index (χ2v) is 3.02. The summed E-state index contributed by atoms with van der Waals surface area (Å²) in [6.07, 6.45) is 0. The average Bonchev–Trinajstić information content (AvgIpc) is 2.03. The molecule has 0 fully saturated rings. The number of methoxy groups -OCH3 is 1. The van der Waals surface area contributed by atoms with Crippen LogP contribution in [0.3, 0.4) is 0 Å². The summed E-state index contributed by atoms with van der Waals surface area (Å²) in [4.78, 5) is 0. The van der Waals surface area contributed by atoms with Crippen LogP contribution in [0.5, 0.6) is 5.75 Å².